The van der Waals surface area contributed by atoms with Gasteiger partial charge in [-0.15, -0.1) is 0 Å². The van der Waals surface area contributed by atoms with Crippen LogP contribution in [-0.4, -0.2) is 34.1 Å². The van der Waals surface area contributed by atoms with Crippen LogP contribution in [0.3, 0.4) is 0 Å². The number of carbonyl (C=O) groups is 1. The van der Waals surface area contributed by atoms with Gasteiger partial charge in [0.1, 0.15) is 11.5 Å². The Morgan fingerprint density at radius 3 is 2.09 bits per heavy atom. The van der Waals surface area contributed by atoms with Crippen molar-refractivity contribution in [2.24, 2.45) is 0 Å². The van der Waals surface area contributed by atoms with E-state index in [4.69, 9.17) is 9.84 Å². The van der Waals surface area contributed by atoms with E-state index in [1.807, 2.05) is 54.6 Å². The highest BCUT2D eigenvalue weighted by Crippen LogP contribution is 2.37. The molecule has 5 rings (SSSR count). The highest BCUT2D eigenvalue weighted by Gasteiger charge is 2.40. The molecule has 0 radical (unpaired) electrons. The molecule has 33 heavy (non-hydrogen) atoms. The lowest BCUT2D eigenvalue weighted by Crippen LogP contribution is -2.48. The number of fused-ring (bicyclic) bond motifs is 2. The molecule has 3 aromatic carbocycles. The third-order valence-electron chi connectivity index (χ3n) is 6.95. The van der Waals surface area contributed by atoms with Crippen molar-refractivity contribution >= 4 is 5.97 Å². The quantitative estimate of drug-likeness (QED) is 0.485. The molecule has 0 aliphatic carbocycles. The number of ether oxygens (including phenoxy) is 1. The molecule has 2 saturated heterocycles. The molecule has 2 bridgehead atoms. The highest BCUT2D eigenvalue weighted by atomic mass is 16.5. The minimum Gasteiger partial charge on any atom is -0.478 e. The van der Waals surface area contributed by atoms with Crippen LogP contribution in [0.1, 0.15) is 47.2 Å². The van der Waals surface area contributed by atoms with Crippen molar-refractivity contribution in [3.8, 4) is 11.5 Å². The SMILES string of the molecule is O=C(O)c1ccc(CN2[C@@H]3CC[C@H]2CC(NCc2ccc(Oc4ccccc4)cc2)C3)cc1. The average molecular weight is 443 g/mol. The summed E-state index contributed by atoms with van der Waals surface area (Å²) in [6.07, 6.45) is 4.83. The minimum atomic E-state index is -0.869. The highest BCUT2D eigenvalue weighted by molar-refractivity contribution is 5.87. The Bertz CT molecular complexity index is 1050. The Morgan fingerprint density at radius 2 is 1.45 bits per heavy atom. The first kappa shape index (κ1) is 21.7. The predicted octanol–water partition coefficient (Wildman–Crippen LogP) is 5.46. The second-order valence-corrected chi connectivity index (χ2v) is 9.17. The zero-order valence-corrected chi connectivity index (χ0v) is 18.7. The maximum absolute atomic E-state index is 11.1. The molecule has 2 aliphatic rings. The van der Waals surface area contributed by atoms with E-state index in [9.17, 15) is 4.79 Å². The van der Waals surface area contributed by atoms with Crippen molar-refractivity contribution in [3.05, 3.63) is 95.6 Å². The topological polar surface area (TPSA) is 61.8 Å². The lowest BCUT2D eigenvalue weighted by molar-refractivity contribution is 0.0696. The fourth-order valence-electron chi connectivity index (χ4n) is 5.22. The summed E-state index contributed by atoms with van der Waals surface area (Å²) in [6, 6.07) is 27.3. The van der Waals surface area contributed by atoms with Gasteiger partial charge in [0.15, 0.2) is 0 Å². The minimum absolute atomic E-state index is 0.351. The van der Waals surface area contributed by atoms with Crippen molar-refractivity contribution in [2.45, 2.75) is 56.9 Å². The maximum Gasteiger partial charge on any atom is 0.335 e. The molecule has 2 N–H and O–H groups in total. The summed E-state index contributed by atoms with van der Waals surface area (Å²) in [7, 11) is 0. The number of aromatic carboxylic acids is 1. The number of piperidine rings is 1. The molecule has 3 aromatic rings. The molecule has 3 atom stereocenters. The van der Waals surface area contributed by atoms with Crippen LogP contribution in [0, 0.1) is 0 Å². The van der Waals surface area contributed by atoms with Crippen molar-refractivity contribution in [1.82, 2.24) is 10.2 Å². The van der Waals surface area contributed by atoms with Gasteiger partial charge in [-0.3, -0.25) is 4.90 Å². The molecule has 5 heteroatoms. The van der Waals surface area contributed by atoms with E-state index in [1.54, 1.807) is 12.1 Å². The van der Waals surface area contributed by atoms with Gasteiger partial charge in [-0.1, -0.05) is 42.5 Å². The number of nitrogens with zero attached hydrogens (tertiary/aromatic N) is 1. The van der Waals surface area contributed by atoms with Gasteiger partial charge in [0.05, 0.1) is 5.56 Å². The molecule has 2 heterocycles. The Balaban J connectivity index is 1.12. The number of para-hydroxylation sites is 1. The third-order valence-corrected chi connectivity index (χ3v) is 6.95. The number of nitrogens with one attached hydrogen (secondary N) is 1. The van der Waals surface area contributed by atoms with Gasteiger partial charge >= 0.3 is 5.97 Å². The molecule has 2 fully saturated rings. The number of hydrogen-bond acceptors (Lipinski definition) is 4. The van der Waals surface area contributed by atoms with Gasteiger partial charge in [0.2, 0.25) is 0 Å². The first-order valence-electron chi connectivity index (χ1n) is 11.8. The first-order valence-corrected chi connectivity index (χ1v) is 11.8. The second-order valence-electron chi connectivity index (χ2n) is 9.17. The number of carboxylic acid groups (broad SMARTS) is 1. The van der Waals surface area contributed by atoms with E-state index in [-0.39, 0.29) is 0 Å². The number of rotatable bonds is 8. The van der Waals surface area contributed by atoms with Crippen LogP contribution in [0.15, 0.2) is 78.9 Å². The molecular formula is C28H30N2O3. The first-order chi connectivity index (χ1) is 16.1. The summed E-state index contributed by atoms with van der Waals surface area (Å²) >= 11 is 0. The van der Waals surface area contributed by atoms with Crippen LogP contribution < -0.4 is 10.1 Å². The summed E-state index contributed by atoms with van der Waals surface area (Å²) in [5.74, 6) is 0.836. The summed E-state index contributed by atoms with van der Waals surface area (Å²) in [4.78, 5) is 13.7. The van der Waals surface area contributed by atoms with E-state index >= 15 is 0 Å². The van der Waals surface area contributed by atoms with Crippen LogP contribution in [0.2, 0.25) is 0 Å². The standard InChI is InChI=1S/C28H30N2O3/c31-28(32)22-10-6-21(7-11-22)19-30-24-12-13-25(30)17-23(16-24)29-18-20-8-14-27(15-9-20)33-26-4-2-1-3-5-26/h1-11,14-15,23-25,29H,12-13,16-19H2,(H,31,32)/t23?,24-,25+. The molecule has 2 aliphatic heterocycles. The smallest absolute Gasteiger partial charge is 0.335 e. The van der Waals surface area contributed by atoms with E-state index in [0.29, 0.717) is 23.7 Å². The largest absolute Gasteiger partial charge is 0.478 e. The Kier molecular flexibility index (Phi) is 6.42. The summed E-state index contributed by atoms with van der Waals surface area (Å²) in [5, 5.41) is 12.9. The maximum atomic E-state index is 11.1. The van der Waals surface area contributed by atoms with Crippen molar-refractivity contribution < 1.29 is 14.6 Å². The van der Waals surface area contributed by atoms with Crippen LogP contribution in [0.5, 0.6) is 11.5 Å². The van der Waals surface area contributed by atoms with Crippen LogP contribution in [-0.2, 0) is 13.1 Å². The van der Waals surface area contributed by atoms with Gasteiger partial charge in [-0.25, -0.2) is 4.79 Å². The molecule has 0 spiro atoms. The molecule has 170 valence electrons. The van der Waals surface area contributed by atoms with E-state index in [1.165, 1.54) is 36.8 Å². The predicted molar refractivity (Wildman–Crippen MR) is 129 cm³/mol. The lowest BCUT2D eigenvalue weighted by atomic mass is 9.96. The fourth-order valence-corrected chi connectivity index (χ4v) is 5.22. The monoisotopic (exact) mass is 442 g/mol. The molecule has 0 amide bonds. The van der Waals surface area contributed by atoms with Gasteiger partial charge in [0.25, 0.3) is 0 Å². The average Bonchev–Trinajstić information content (AvgIpc) is 3.06. The third kappa shape index (κ3) is 5.27. The zero-order valence-electron chi connectivity index (χ0n) is 18.7. The van der Waals surface area contributed by atoms with Crippen molar-refractivity contribution in [1.29, 1.82) is 0 Å². The lowest BCUT2D eigenvalue weighted by Gasteiger charge is -2.39. The van der Waals surface area contributed by atoms with Crippen LogP contribution in [0.4, 0.5) is 0 Å². The molecule has 1 unspecified atom stereocenters. The Hall–Kier alpha value is -3.15. The normalized spacial score (nSPS) is 22.2. The Morgan fingerprint density at radius 1 is 0.848 bits per heavy atom. The van der Waals surface area contributed by atoms with Crippen LogP contribution >= 0.6 is 0 Å². The van der Waals surface area contributed by atoms with Gasteiger partial charge in [0, 0.05) is 31.2 Å². The number of hydrogen-bond donors (Lipinski definition) is 2. The van der Waals surface area contributed by atoms with Crippen molar-refractivity contribution in [3.63, 3.8) is 0 Å². The number of benzene rings is 3. The summed E-state index contributed by atoms with van der Waals surface area (Å²) in [6.45, 7) is 1.78. The second kappa shape index (κ2) is 9.77. The molecule has 5 nitrogen and oxygen atoms in total. The zero-order chi connectivity index (χ0) is 22.6. The van der Waals surface area contributed by atoms with Gasteiger partial charge in [-0.05, 0) is 73.2 Å². The van der Waals surface area contributed by atoms with E-state index in [2.05, 4.69) is 22.3 Å². The molecular weight excluding hydrogens is 412 g/mol. The molecule has 0 aromatic heterocycles. The van der Waals surface area contributed by atoms with Gasteiger partial charge in [-0.2, -0.15) is 0 Å². The number of carboxylic acids is 1. The van der Waals surface area contributed by atoms with E-state index in [0.717, 1.165) is 24.6 Å². The fraction of sp³-hybridized carbons (Fsp3) is 0.321. The van der Waals surface area contributed by atoms with Crippen LogP contribution in [0.25, 0.3) is 0 Å². The van der Waals surface area contributed by atoms with E-state index < -0.39 is 5.97 Å². The van der Waals surface area contributed by atoms with Crippen molar-refractivity contribution in [2.75, 3.05) is 0 Å². The Labute approximate surface area is 195 Å². The molecule has 0 saturated carbocycles. The summed E-state index contributed by atoms with van der Waals surface area (Å²) < 4.78 is 5.89. The van der Waals surface area contributed by atoms with Gasteiger partial charge < -0.3 is 15.2 Å². The summed E-state index contributed by atoms with van der Waals surface area (Å²) in [5.41, 5.74) is 2.81.